The van der Waals surface area contributed by atoms with E-state index in [4.69, 9.17) is 14.7 Å². The lowest BCUT2D eigenvalue weighted by molar-refractivity contribution is -0.138. The molecule has 2 aliphatic rings. The maximum Gasteiger partial charge on any atom is 0.414 e. The van der Waals surface area contributed by atoms with Crippen molar-refractivity contribution < 1.29 is 28.7 Å². The van der Waals surface area contributed by atoms with Gasteiger partial charge in [-0.3, -0.25) is 29.9 Å². The van der Waals surface area contributed by atoms with Crippen LogP contribution >= 0.6 is 0 Å². The molecular formula is C24H24FN7O5. The summed E-state index contributed by atoms with van der Waals surface area (Å²) in [5.74, 6) is -1.41. The number of benzene rings is 1. The molecule has 2 N–H and O–H groups in total. The molecule has 1 amide bonds. The maximum absolute atomic E-state index is 15.1. The number of nitrogens with one attached hydrogen (secondary N) is 1. The number of aromatic nitrogens is 4. The van der Waals surface area contributed by atoms with E-state index in [2.05, 4.69) is 20.8 Å². The van der Waals surface area contributed by atoms with Crippen LogP contribution in [0, 0.1) is 5.82 Å². The van der Waals surface area contributed by atoms with Crippen molar-refractivity contribution in [3.8, 4) is 11.1 Å². The Morgan fingerprint density at radius 1 is 1.32 bits per heavy atom. The molecule has 0 bridgehead atoms. The fourth-order valence-corrected chi connectivity index (χ4v) is 4.21. The summed E-state index contributed by atoms with van der Waals surface area (Å²) >= 11 is 0. The van der Waals surface area contributed by atoms with Gasteiger partial charge in [0, 0.05) is 30.1 Å². The van der Waals surface area contributed by atoms with E-state index in [1.165, 1.54) is 11.0 Å². The van der Waals surface area contributed by atoms with E-state index in [1.54, 1.807) is 59.5 Å². The SMILES string of the molecule is CN(CC(=O)O)C[C@@H]1C=C(c2ccc(-c3ccc(N4C[C@H](Cn5ccnn5)OC4=O)cc3F)cn2)NO1. The molecule has 0 spiro atoms. The normalized spacial score (nSPS) is 19.2. The number of hydrogen-bond donors (Lipinski definition) is 2. The number of likely N-dealkylation sites (N-methyl/N-ethyl adjacent to an activating group) is 1. The second-order valence-corrected chi connectivity index (χ2v) is 8.77. The lowest BCUT2D eigenvalue weighted by Gasteiger charge is -2.16. The van der Waals surface area contributed by atoms with Crippen molar-refractivity contribution in [3.63, 3.8) is 0 Å². The van der Waals surface area contributed by atoms with E-state index < -0.39 is 24.0 Å². The Hall–Kier alpha value is -4.36. The highest BCUT2D eigenvalue weighted by molar-refractivity contribution is 5.90. The van der Waals surface area contributed by atoms with Gasteiger partial charge >= 0.3 is 12.1 Å². The molecule has 5 rings (SSSR count). The number of amides is 1. The first kappa shape index (κ1) is 24.3. The molecule has 37 heavy (non-hydrogen) atoms. The molecule has 1 fully saturated rings. The van der Waals surface area contributed by atoms with Gasteiger partial charge in [-0.2, -0.15) is 0 Å². The minimum atomic E-state index is -0.914. The van der Waals surface area contributed by atoms with Crippen molar-refractivity contribution in [1.82, 2.24) is 30.4 Å². The zero-order valence-corrected chi connectivity index (χ0v) is 19.8. The molecule has 13 heteroatoms. The van der Waals surface area contributed by atoms with Gasteiger partial charge in [0.1, 0.15) is 18.0 Å². The Kier molecular flexibility index (Phi) is 6.79. The molecule has 4 heterocycles. The van der Waals surface area contributed by atoms with Crippen LogP contribution < -0.4 is 10.4 Å². The van der Waals surface area contributed by atoms with Crippen molar-refractivity contribution in [2.45, 2.75) is 18.8 Å². The number of nitrogens with zero attached hydrogens (tertiary/aromatic N) is 6. The van der Waals surface area contributed by atoms with Gasteiger partial charge in [-0.05, 0) is 37.4 Å². The monoisotopic (exact) mass is 509 g/mol. The number of carbonyl (C=O) groups is 2. The lowest BCUT2D eigenvalue weighted by Crippen LogP contribution is -2.33. The van der Waals surface area contributed by atoms with Crippen LogP contribution in [0.5, 0.6) is 0 Å². The largest absolute Gasteiger partial charge is 0.480 e. The van der Waals surface area contributed by atoms with Gasteiger partial charge in [-0.15, -0.1) is 5.10 Å². The van der Waals surface area contributed by atoms with Crippen LogP contribution in [-0.4, -0.2) is 80.9 Å². The van der Waals surface area contributed by atoms with Gasteiger partial charge in [0.15, 0.2) is 0 Å². The van der Waals surface area contributed by atoms with Crippen LogP contribution in [0.25, 0.3) is 16.8 Å². The topological polar surface area (TPSA) is 135 Å². The van der Waals surface area contributed by atoms with Crippen molar-refractivity contribution >= 4 is 23.4 Å². The number of carboxylic acids is 1. The number of aliphatic carboxylic acids is 1. The third-order valence-electron chi connectivity index (χ3n) is 5.92. The Bertz CT molecular complexity index is 1320. The van der Waals surface area contributed by atoms with Gasteiger partial charge in [-0.25, -0.2) is 13.9 Å². The standard InChI is InChI=1S/C24H24FN7O5/c1-30(14-23(33)34)11-17-9-22(28-37-17)21-5-2-15(10-26-21)19-4-3-16(8-20(19)25)32-13-18(36-24(32)35)12-31-7-6-27-29-31/h2-10,17-18,28H,11-14H2,1H3,(H,33,34)/t17-,18-/m0/s1. The van der Waals surface area contributed by atoms with Crippen molar-refractivity contribution in [2.75, 3.05) is 31.6 Å². The van der Waals surface area contributed by atoms with E-state index in [0.717, 1.165) is 0 Å². The summed E-state index contributed by atoms with van der Waals surface area (Å²) in [6.45, 7) is 0.926. The molecule has 3 aromatic rings. The summed E-state index contributed by atoms with van der Waals surface area (Å²) in [5.41, 5.74) is 5.35. The first-order valence-corrected chi connectivity index (χ1v) is 11.5. The van der Waals surface area contributed by atoms with Crippen LogP contribution in [0.2, 0.25) is 0 Å². The molecule has 192 valence electrons. The fourth-order valence-electron chi connectivity index (χ4n) is 4.21. The molecular weight excluding hydrogens is 485 g/mol. The van der Waals surface area contributed by atoms with Gasteiger partial charge in [0.2, 0.25) is 0 Å². The van der Waals surface area contributed by atoms with Crippen LogP contribution in [-0.2, 0) is 20.9 Å². The highest BCUT2D eigenvalue weighted by atomic mass is 19.1. The third-order valence-corrected chi connectivity index (χ3v) is 5.92. The lowest BCUT2D eigenvalue weighted by atomic mass is 10.1. The molecule has 1 saturated heterocycles. The zero-order chi connectivity index (χ0) is 25.9. The quantitative estimate of drug-likeness (QED) is 0.439. The number of pyridine rings is 1. The predicted octanol–water partition coefficient (Wildman–Crippen LogP) is 1.77. The van der Waals surface area contributed by atoms with Crippen molar-refractivity contribution in [2.24, 2.45) is 0 Å². The molecule has 12 nitrogen and oxygen atoms in total. The van der Waals surface area contributed by atoms with Gasteiger partial charge in [0.25, 0.3) is 0 Å². The smallest absolute Gasteiger partial charge is 0.414 e. The summed E-state index contributed by atoms with van der Waals surface area (Å²) in [6, 6.07) is 8.05. The molecule has 1 aromatic carbocycles. The van der Waals surface area contributed by atoms with E-state index >= 15 is 4.39 Å². The molecule has 0 radical (unpaired) electrons. The van der Waals surface area contributed by atoms with Crippen molar-refractivity contribution in [3.05, 3.63) is 66.5 Å². The number of hydrogen-bond acceptors (Lipinski definition) is 9. The first-order valence-electron chi connectivity index (χ1n) is 11.5. The summed E-state index contributed by atoms with van der Waals surface area (Å²) < 4.78 is 22.0. The minimum Gasteiger partial charge on any atom is -0.480 e. The molecule has 0 saturated carbocycles. The molecule has 2 aliphatic heterocycles. The second kappa shape index (κ2) is 10.3. The van der Waals surface area contributed by atoms with Gasteiger partial charge in [0.05, 0.1) is 42.9 Å². The van der Waals surface area contributed by atoms with Crippen LogP contribution in [0.15, 0.2) is 55.0 Å². The summed E-state index contributed by atoms with van der Waals surface area (Å²) in [6.07, 6.45) is 5.29. The summed E-state index contributed by atoms with van der Waals surface area (Å²) in [4.78, 5) is 36.1. The van der Waals surface area contributed by atoms with E-state index in [-0.39, 0.29) is 19.2 Å². The first-order chi connectivity index (χ1) is 17.9. The molecule has 2 aromatic heterocycles. The highest BCUT2D eigenvalue weighted by Gasteiger charge is 2.33. The summed E-state index contributed by atoms with van der Waals surface area (Å²) in [5, 5.41) is 16.5. The average Bonchev–Trinajstić information content (AvgIpc) is 3.61. The summed E-state index contributed by atoms with van der Waals surface area (Å²) in [7, 11) is 1.69. The number of cyclic esters (lactones) is 1. The zero-order valence-electron chi connectivity index (χ0n) is 19.8. The number of carboxylic acid groups (broad SMARTS) is 1. The maximum atomic E-state index is 15.1. The Morgan fingerprint density at radius 2 is 2.19 bits per heavy atom. The van der Waals surface area contributed by atoms with Crippen molar-refractivity contribution in [1.29, 1.82) is 0 Å². The number of hydroxylamine groups is 1. The Morgan fingerprint density at radius 3 is 2.89 bits per heavy atom. The van der Waals surface area contributed by atoms with Gasteiger partial charge in [-0.1, -0.05) is 11.3 Å². The van der Waals surface area contributed by atoms with Crippen LogP contribution in [0.3, 0.4) is 0 Å². The highest BCUT2D eigenvalue weighted by Crippen LogP contribution is 2.30. The fraction of sp³-hybridized carbons (Fsp3) is 0.292. The third kappa shape index (κ3) is 5.57. The van der Waals surface area contributed by atoms with E-state index in [1.807, 2.05) is 6.08 Å². The Balaban J connectivity index is 1.24. The number of carbonyl (C=O) groups excluding carboxylic acids is 1. The number of anilines is 1. The molecule has 0 unspecified atom stereocenters. The number of halogens is 1. The average molecular weight is 509 g/mol. The molecule has 2 atom stereocenters. The van der Waals surface area contributed by atoms with E-state index in [9.17, 15) is 9.59 Å². The van der Waals surface area contributed by atoms with Crippen LogP contribution in [0.4, 0.5) is 14.9 Å². The number of ether oxygens (including phenoxy) is 1. The Labute approximate surface area is 210 Å². The molecule has 0 aliphatic carbocycles. The predicted molar refractivity (Wildman–Crippen MR) is 128 cm³/mol. The van der Waals surface area contributed by atoms with Gasteiger partial charge < -0.3 is 9.84 Å². The van der Waals surface area contributed by atoms with Crippen LogP contribution in [0.1, 0.15) is 5.69 Å². The minimum absolute atomic E-state index is 0.0944. The second-order valence-electron chi connectivity index (χ2n) is 8.77. The van der Waals surface area contributed by atoms with E-state index in [0.29, 0.717) is 41.3 Å². The number of rotatable bonds is 9.